The summed E-state index contributed by atoms with van der Waals surface area (Å²) in [7, 11) is 0. The van der Waals surface area contributed by atoms with Gasteiger partial charge in [0.05, 0.1) is 0 Å². The summed E-state index contributed by atoms with van der Waals surface area (Å²) < 4.78 is 89.1. The zero-order valence-electron chi connectivity index (χ0n) is 13.5. The van der Waals surface area contributed by atoms with E-state index in [1.54, 1.807) is 0 Å². The lowest BCUT2D eigenvalue weighted by Crippen LogP contribution is -2.70. The molecule has 27 heavy (non-hydrogen) atoms. The first kappa shape index (κ1) is 19.5. The maximum atomic E-state index is 12.6. The molecule has 0 amide bonds. The van der Waals surface area contributed by atoms with Gasteiger partial charge in [-0.2, -0.15) is 26.3 Å². The molecule has 0 bridgehead atoms. The number of hydrogen-bond donors (Lipinski definition) is 0. The quantitative estimate of drug-likeness (QED) is 0.236. The lowest BCUT2D eigenvalue weighted by molar-refractivity contribution is -0.319. The highest BCUT2D eigenvalue weighted by molar-refractivity contribution is 6.04. The Bertz CT molecular complexity index is 713. The van der Waals surface area contributed by atoms with Gasteiger partial charge in [-0.3, -0.25) is 9.59 Å². The van der Waals surface area contributed by atoms with Gasteiger partial charge in [0.2, 0.25) is 0 Å². The first-order valence-electron chi connectivity index (χ1n) is 7.63. The Balaban J connectivity index is 1.76. The second-order valence-corrected chi connectivity index (χ2v) is 6.75. The van der Waals surface area contributed by atoms with E-state index in [-0.39, 0.29) is 5.57 Å². The second kappa shape index (κ2) is 5.61. The third kappa shape index (κ3) is 2.67. The maximum Gasteiger partial charge on any atom is 0.434 e. The van der Waals surface area contributed by atoms with Gasteiger partial charge < -0.3 is 14.2 Å². The maximum absolute atomic E-state index is 12.6. The van der Waals surface area contributed by atoms with Gasteiger partial charge in [0.1, 0.15) is 12.2 Å². The molecule has 1 heterocycles. The number of carbonyl (C=O) groups excluding carboxylic acids is 3. The van der Waals surface area contributed by atoms with Gasteiger partial charge in [-0.05, 0) is 13.3 Å². The Kier molecular flexibility index (Phi) is 4.05. The van der Waals surface area contributed by atoms with Crippen molar-refractivity contribution >= 4 is 17.9 Å². The minimum Gasteiger partial charge on any atom is -0.457 e. The molecule has 6 nitrogen and oxygen atoms in total. The fraction of sp³-hybridized carbons (Fsp3) is 0.667. The second-order valence-electron chi connectivity index (χ2n) is 6.75. The highest BCUT2D eigenvalue weighted by Gasteiger charge is 2.83. The highest BCUT2D eigenvalue weighted by Crippen LogP contribution is 2.69. The summed E-state index contributed by atoms with van der Waals surface area (Å²) in [6.07, 6.45) is -18.6. The molecule has 3 aliphatic rings. The third-order valence-corrected chi connectivity index (χ3v) is 5.07. The molecule has 5 unspecified atom stereocenters. The van der Waals surface area contributed by atoms with Crippen LogP contribution in [0.2, 0.25) is 0 Å². The summed E-state index contributed by atoms with van der Waals surface area (Å²) in [5.74, 6) is -5.62. The zero-order chi connectivity index (χ0) is 20.5. The van der Waals surface area contributed by atoms with Gasteiger partial charge in [0.25, 0.3) is 6.10 Å². The van der Waals surface area contributed by atoms with E-state index < -0.39 is 72.2 Å². The Hall–Kier alpha value is -2.27. The number of rotatable bonds is 4. The molecule has 3 fully saturated rings. The molecular weight excluding hydrogens is 390 g/mol. The molecule has 12 heteroatoms. The van der Waals surface area contributed by atoms with Crippen molar-refractivity contribution in [2.24, 2.45) is 17.3 Å². The minimum absolute atomic E-state index is 0.0472. The third-order valence-electron chi connectivity index (χ3n) is 5.07. The van der Waals surface area contributed by atoms with Crippen molar-refractivity contribution in [2.45, 2.75) is 44.0 Å². The van der Waals surface area contributed by atoms with Crippen LogP contribution in [0.3, 0.4) is 0 Å². The van der Waals surface area contributed by atoms with Crippen molar-refractivity contribution in [1.82, 2.24) is 0 Å². The molecule has 0 aromatic rings. The highest BCUT2D eigenvalue weighted by atomic mass is 19.4. The average molecular weight is 402 g/mol. The van der Waals surface area contributed by atoms with Crippen LogP contribution in [0.5, 0.6) is 0 Å². The van der Waals surface area contributed by atoms with Crippen molar-refractivity contribution in [3.05, 3.63) is 12.2 Å². The molecule has 2 aliphatic carbocycles. The van der Waals surface area contributed by atoms with Crippen molar-refractivity contribution in [1.29, 1.82) is 0 Å². The summed E-state index contributed by atoms with van der Waals surface area (Å²) in [6.45, 7) is 4.71. The lowest BCUT2D eigenvalue weighted by Gasteiger charge is -2.58. The number of halogens is 6. The zero-order valence-corrected chi connectivity index (χ0v) is 13.5. The van der Waals surface area contributed by atoms with Crippen LogP contribution >= 0.6 is 0 Å². The van der Waals surface area contributed by atoms with Crippen LogP contribution < -0.4 is 0 Å². The summed E-state index contributed by atoms with van der Waals surface area (Å²) in [6, 6.07) is 0. The predicted octanol–water partition coefficient (Wildman–Crippen LogP) is 2.07. The van der Waals surface area contributed by atoms with Gasteiger partial charge in [0, 0.05) is 17.4 Å². The Morgan fingerprint density at radius 3 is 2.26 bits per heavy atom. The van der Waals surface area contributed by atoms with Crippen molar-refractivity contribution in [3.63, 3.8) is 0 Å². The van der Waals surface area contributed by atoms with Crippen LogP contribution in [0.4, 0.5) is 26.3 Å². The van der Waals surface area contributed by atoms with Gasteiger partial charge in [0.15, 0.2) is 5.41 Å². The van der Waals surface area contributed by atoms with Crippen LogP contribution in [-0.2, 0) is 28.6 Å². The molecule has 1 aliphatic heterocycles. The topological polar surface area (TPSA) is 78.9 Å². The van der Waals surface area contributed by atoms with Gasteiger partial charge >= 0.3 is 30.3 Å². The first-order chi connectivity index (χ1) is 12.2. The Labute approximate surface area is 147 Å². The molecule has 1 saturated heterocycles. The smallest absolute Gasteiger partial charge is 0.434 e. The van der Waals surface area contributed by atoms with Gasteiger partial charge in [-0.15, -0.1) is 0 Å². The summed E-state index contributed by atoms with van der Waals surface area (Å²) in [5.41, 5.74) is -2.19. The van der Waals surface area contributed by atoms with E-state index in [2.05, 4.69) is 11.3 Å². The number of hydrogen-bond acceptors (Lipinski definition) is 6. The number of carbonyl (C=O) groups is 3. The van der Waals surface area contributed by atoms with E-state index in [4.69, 9.17) is 9.47 Å². The molecule has 3 rings (SSSR count). The van der Waals surface area contributed by atoms with Crippen LogP contribution in [0.1, 0.15) is 13.3 Å². The monoisotopic (exact) mass is 402 g/mol. The number of esters is 3. The first-order valence-corrected chi connectivity index (χ1v) is 7.63. The molecule has 150 valence electrons. The van der Waals surface area contributed by atoms with Gasteiger partial charge in [-0.25, -0.2) is 4.79 Å². The van der Waals surface area contributed by atoms with Crippen LogP contribution in [0.15, 0.2) is 12.2 Å². The normalized spacial score (nSPS) is 34.1. The molecule has 5 atom stereocenters. The largest absolute Gasteiger partial charge is 0.457 e. The number of alkyl halides is 6. The number of ether oxygens (including phenoxy) is 3. The van der Waals surface area contributed by atoms with Crippen LogP contribution in [0, 0.1) is 17.3 Å². The van der Waals surface area contributed by atoms with E-state index in [1.165, 1.54) is 6.92 Å². The Morgan fingerprint density at radius 2 is 1.78 bits per heavy atom. The van der Waals surface area contributed by atoms with Crippen molar-refractivity contribution in [3.8, 4) is 0 Å². The molecule has 2 saturated carbocycles. The molecule has 0 N–H and O–H groups in total. The summed E-state index contributed by atoms with van der Waals surface area (Å²) in [4.78, 5) is 35.7. The van der Waals surface area contributed by atoms with Crippen molar-refractivity contribution in [2.75, 3.05) is 0 Å². The molecule has 0 aromatic heterocycles. The van der Waals surface area contributed by atoms with Crippen LogP contribution in [-0.4, -0.2) is 48.6 Å². The Morgan fingerprint density at radius 1 is 1.22 bits per heavy atom. The van der Waals surface area contributed by atoms with E-state index in [1.807, 2.05) is 0 Å². The van der Waals surface area contributed by atoms with Crippen LogP contribution in [0.25, 0.3) is 0 Å². The van der Waals surface area contributed by atoms with Crippen molar-refractivity contribution < 1.29 is 54.9 Å². The standard InChI is InChI=1S/C15H12F6O6/c1-4(2)9(22)25-7-5-3-13(6(5)8(7)26-11(13)23)12(24)27-10(14(16,17)18)15(19,20)21/h5-8,10H,1,3H2,2H3. The summed E-state index contributed by atoms with van der Waals surface area (Å²) in [5, 5.41) is 0. The molecular formula is C15H12F6O6. The van der Waals surface area contributed by atoms with E-state index in [0.717, 1.165) is 0 Å². The minimum atomic E-state index is -5.89. The van der Waals surface area contributed by atoms with E-state index in [0.29, 0.717) is 0 Å². The van der Waals surface area contributed by atoms with Gasteiger partial charge in [-0.1, -0.05) is 6.58 Å². The molecule has 0 spiro atoms. The lowest BCUT2D eigenvalue weighted by atomic mass is 9.43. The molecule has 0 aromatic carbocycles. The predicted molar refractivity (Wildman–Crippen MR) is 70.6 cm³/mol. The fourth-order valence-corrected chi connectivity index (χ4v) is 3.79. The summed E-state index contributed by atoms with van der Waals surface area (Å²) >= 11 is 0. The average Bonchev–Trinajstić information content (AvgIpc) is 2.57. The molecule has 0 radical (unpaired) electrons. The fourth-order valence-electron chi connectivity index (χ4n) is 3.79. The van der Waals surface area contributed by atoms with E-state index >= 15 is 0 Å². The SMILES string of the molecule is C=C(C)C(=O)OC1C2CC3(C(=O)OC(C(F)(F)F)C(F)(F)F)C(=O)OC1C23. The van der Waals surface area contributed by atoms with E-state index in [9.17, 15) is 40.7 Å².